The van der Waals surface area contributed by atoms with Gasteiger partial charge in [-0.2, -0.15) is 0 Å². The number of rotatable bonds is 8. The summed E-state index contributed by atoms with van der Waals surface area (Å²) in [6, 6.07) is 10.1. The molecule has 0 saturated heterocycles. The van der Waals surface area contributed by atoms with Crippen LogP contribution in [0, 0.1) is 18.7 Å². The number of anilines is 2. The molecular formula is C27H26FN7O4S2. The summed E-state index contributed by atoms with van der Waals surface area (Å²) in [7, 11) is -3.85. The number of benzene rings is 2. The first kappa shape index (κ1) is 27.0. The number of carbonyl (C=O) groups is 2. The van der Waals surface area contributed by atoms with Crippen molar-refractivity contribution in [3.8, 4) is 0 Å². The number of hydrogen-bond donors (Lipinski definition) is 2. The number of nitrogens with zero attached hydrogens (tertiary/aromatic N) is 5. The average molecular weight is 596 g/mol. The topological polar surface area (TPSA) is 139 Å². The Labute approximate surface area is 239 Å². The van der Waals surface area contributed by atoms with Gasteiger partial charge < -0.3 is 10.2 Å². The van der Waals surface area contributed by atoms with Gasteiger partial charge in [-0.05, 0) is 62.1 Å². The Morgan fingerprint density at radius 3 is 2.63 bits per heavy atom. The van der Waals surface area contributed by atoms with E-state index < -0.39 is 33.6 Å². The molecule has 0 bridgehead atoms. The van der Waals surface area contributed by atoms with Crippen LogP contribution in [0.25, 0.3) is 0 Å². The van der Waals surface area contributed by atoms with Crippen LogP contribution < -0.4 is 10.0 Å². The molecule has 2 N–H and O–H groups in total. The Balaban J connectivity index is 1.25. The molecule has 14 heteroatoms. The summed E-state index contributed by atoms with van der Waals surface area (Å²) in [5, 5.41) is 13.3. The van der Waals surface area contributed by atoms with E-state index in [1.807, 2.05) is 0 Å². The van der Waals surface area contributed by atoms with Gasteiger partial charge in [0.25, 0.3) is 15.9 Å². The fraction of sp³-hybridized carbons (Fsp3) is 0.296. The molecule has 1 saturated carbocycles. The van der Waals surface area contributed by atoms with E-state index in [1.54, 1.807) is 23.1 Å². The molecule has 4 aromatic rings. The molecule has 1 aliphatic heterocycles. The summed E-state index contributed by atoms with van der Waals surface area (Å²) < 4.78 is 44.1. The second-order valence-corrected chi connectivity index (χ2v) is 12.8. The zero-order valence-electron chi connectivity index (χ0n) is 21.9. The molecule has 6 rings (SSSR count). The quantitative estimate of drug-likeness (QED) is 0.316. The number of halogens is 1. The van der Waals surface area contributed by atoms with Crippen molar-refractivity contribution >= 4 is 44.0 Å². The molecule has 2 amide bonds. The maximum Gasteiger partial charge on any atom is 0.263 e. The minimum Gasteiger partial charge on any atom is -0.331 e. The van der Waals surface area contributed by atoms with E-state index in [0.717, 1.165) is 29.7 Å². The van der Waals surface area contributed by atoms with Gasteiger partial charge in [0.05, 0.1) is 28.6 Å². The van der Waals surface area contributed by atoms with Crippen LogP contribution in [0.3, 0.4) is 0 Å². The average Bonchev–Trinajstić information content (AvgIpc) is 3.46. The molecule has 212 valence electrons. The Bertz CT molecular complexity index is 1720. The molecule has 0 radical (unpaired) electrons. The molecular weight excluding hydrogens is 569 g/mol. The number of sulfonamides is 1. The van der Waals surface area contributed by atoms with Crippen molar-refractivity contribution in [1.82, 2.24) is 24.9 Å². The van der Waals surface area contributed by atoms with Crippen molar-refractivity contribution in [2.75, 3.05) is 16.6 Å². The van der Waals surface area contributed by atoms with Crippen molar-refractivity contribution in [3.63, 3.8) is 0 Å². The smallest absolute Gasteiger partial charge is 0.263 e. The van der Waals surface area contributed by atoms with Crippen LogP contribution in [0.5, 0.6) is 0 Å². The van der Waals surface area contributed by atoms with Crippen LogP contribution in [0.4, 0.5) is 15.2 Å². The zero-order chi connectivity index (χ0) is 28.7. The van der Waals surface area contributed by atoms with Crippen molar-refractivity contribution < 1.29 is 22.4 Å². The predicted octanol–water partition coefficient (Wildman–Crippen LogP) is 3.77. The van der Waals surface area contributed by atoms with Crippen LogP contribution in [-0.2, 0) is 27.9 Å². The molecule has 41 heavy (non-hydrogen) atoms. The van der Waals surface area contributed by atoms with Crippen molar-refractivity contribution in [1.29, 1.82) is 0 Å². The Morgan fingerprint density at radius 1 is 1.15 bits per heavy atom. The molecule has 1 fully saturated rings. The highest BCUT2D eigenvalue weighted by molar-refractivity contribution is 7.93. The van der Waals surface area contributed by atoms with Crippen LogP contribution in [0.2, 0.25) is 0 Å². The van der Waals surface area contributed by atoms with Gasteiger partial charge in [-0.15, -0.1) is 16.4 Å². The first-order valence-corrected chi connectivity index (χ1v) is 15.3. The molecule has 1 unspecified atom stereocenters. The highest BCUT2D eigenvalue weighted by Crippen LogP contribution is 2.35. The summed E-state index contributed by atoms with van der Waals surface area (Å²) >= 11 is 1.16. The summed E-state index contributed by atoms with van der Waals surface area (Å²) in [6.45, 7) is 2.52. The third-order valence-corrected chi connectivity index (χ3v) is 9.26. The largest absolute Gasteiger partial charge is 0.331 e. The number of aromatic nitrogens is 4. The van der Waals surface area contributed by atoms with Gasteiger partial charge in [-0.3, -0.25) is 14.3 Å². The zero-order valence-corrected chi connectivity index (χ0v) is 23.6. The molecule has 2 aromatic heterocycles. The number of carbonyl (C=O) groups excluding carboxylic acids is 2. The van der Waals surface area contributed by atoms with E-state index in [-0.39, 0.29) is 28.7 Å². The second kappa shape index (κ2) is 10.7. The second-order valence-electron chi connectivity index (χ2n) is 10.2. The Kier molecular flexibility index (Phi) is 7.03. The monoisotopic (exact) mass is 595 g/mol. The van der Waals surface area contributed by atoms with Crippen LogP contribution in [0.15, 0.2) is 58.9 Å². The highest BCUT2D eigenvalue weighted by atomic mass is 32.2. The molecule has 2 aliphatic rings. The van der Waals surface area contributed by atoms with Gasteiger partial charge in [0.2, 0.25) is 5.91 Å². The number of amides is 2. The summed E-state index contributed by atoms with van der Waals surface area (Å²) in [4.78, 5) is 32.4. The summed E-state index contributed by atoms with van der Waals surface area (Å²) in [5.74, 6) is -1.93. The third-order valence-electron chi connectivity index (χ3n) is 7.09. The molecule has 1 atom stereocenters. The first-order chi connectivity index (χ1) is 19.7. The predicted molar refractivity (Wildman–Crippen MR) is 149 cm³/mol. The van der Waals surface area contributed by atoms with Crippen molar-refractivity contribution in [3.05, 3.63) is 82.4 Å². The van der Waals surface area contributed by atoms with Crippen LogP contribution >= 0.6 is 11.3 Å². The number of fused-ring (bicyclic) bond motifs is 1. The van der Waals surface area contributed by atoms with Gasteiger partial charge in [0, 0.05) is 30.4 Å². The third kappa shape index (κ3) is 5.70. The Morgan fingerprint density at radius 2 is 1.93 bits per heavy atom. The fourth-order valence-corrected chi connectivity index (χ4v) is 6.60. The van der Waals surface area contributed by atoms with Gasteiger partial charge in [0.15, 0.2) is 5.13 Å². The van der Waals surface area contributed by atoms with Gasteiger partial charge in [0.1, 0.15) is 11.5 Å². The lowest BCUT2D eigenvalue weighted by Gasteiger charge is -2.32. The lowest BCUT2D eigenvalue weighted by molar-refractivity contribution is -0.118. The van der Waals surface area contributed by atoms with E-state index >= 15 is 0 Å². The molecule has 3 heterocycles. The lowest BCUT2D eigenvalue weighted by atomic mass is 9.95. The number of aryl methyl sites for hydroxylation is 1. The van der Waals surface area contributed by atoms with Gasteiger partial charge in [-0.1, -0.05) is 16.8 Å². The van der Waals surface area contributed by atoms with Crippen molar-refractivity contribution in [2.45, 2.75) is 43.7 Å². The minimum absolute atomic E-state index is 0.00723. The molecule has 2 aromatic carbocycles. The molecule has 0 spiro atoms. The molecule has 11 nitrogen and oxygen atoms in total. The van der Waals surface area contributed by atoms with E-state index in [1.165, 1.54) is 47.5 Å². The maximum atomic E-state index is 14.6. The fourth-order valence-electron chi connectivity index (χ4n) is 4.81. The summed E-state index contributed by atoms with van der Waals surface area (Å²) in [5.41, 5.74) is 2.17. The van der Waals surface area contributed by atoms with Gasteiger partial charge in [-0.25, -0.2) is 22.5 Å². The number of thiazole rings is 1. The minimum atomic E-state index is -3.85. The van der Waals surface area contributed by atoms with E-state index in [0.29, 0.717) is 29.5 Å². The number of nitrogens with one attached hydrogen (secondary N) is 2. The van der Waals surface area contributed by atoms with E-state index in [4.69, 9.17) is 0 Å². The van der Waals surface area contributed by atoms with Crippen molar-refractivity contribution in [2.24, 2.45) is 5.92 Å². The number of hydrogen-bond acceptors (Lipinski definition) is 8. The van der Waals surface area contributed by atoms with Crippen LogP contribution in [-0.4, -0.2) is 51.7 Å². The Hall–Kier alpha value is -4.17. The standard InChI is InChI=1S/C27H26FN7O4S2/c1-16-2-9-22(28)20(12-16)26(37)34-14-21(24-23(15-34)31-33-35(24)13-17-3-4-17)25(36)30-18-5-7-19(8-6-18)41(38,39)32-27-29-10-11-40-27/h2,5-12,17,21H,3-4,13-15H2,1H3,(H,29,32)(H,30,36). The summed E-state index contributed by atoms with van der Waals surface area (Å²) in [6.07, 6.45) is 3.65. The van der Waals surface area contributed by atoms with Gasteiger partial charge >= 0.3 is 0 Å². The van der Waals surface area contributed by atoms with Crippen LogP contribution in [0.1, 0.15) is 46.1 Å². The lowest BCUT2D eigenvalue weighted by Crippen LogP contribution is -2.43. The maximum absolute atomic E-state index is 14.6. The first-order valence-electron chi connectivity index (χ1n) is 13.0. The SMILES string of the molecule is Cc1ccc(F)c(C(=O)N2Cc3nnn(CC4CC4)c3C(C(=O)Nc3ccc(S(=O)(=O)Nc4nccs4)cc3)C2)c1. The normalized spacial score (nSPS) is 16.7. The van der Waals surface area contributed by atoms with E-state index in [2.05, 4.69) is 25.3 Å². The molecule has 1 aliphatic carbocycles. The van der Waals surface area contributed by atoms with E-state index in [9.17, 15) is 22.4 Å². The highest BCUT2D eigenvalue weighted by Gasteiger charge is 2.39.